The van der Waals surface area contributed by atoms with Crippen LogP contribution < -0.4 is 10.6 Å². The molecule has 2 fully saturated rings. The van der Waals surface area contributed by atoms with Crippen LogP contribution >= 0.6 is 0 Å². The zero-order chi connectivity index (χ0) is 17.8. The Hall–Kier alpha value is -2.18. The van der Waals surface area contributed by atoms with Crippen molar-refractivity contribution in [3.05, 3.63) is 54.1 Å². The maximum absolute atomic E-state index is 12.6. The van der Waals surface area contributed by atoms with Crippen LogP contribution in [0.25, 0.3) is 0 Å². The Labute approximate surface area is 154 Å². The van der Waals surface area contributed by atoms with Crippen LogP contribution in [0, 0.1) is 5.92 Å². The molecular weight excluding hydrogens is 328 g/mol. The molecule has 0 radical (unpaired) electrons. The van der Waals surface area contributed by atoms with Crippen molar-refractivity contribution in [1.82, 2.24) is 20.2 Å². The maximum Gasteiger partial charge on any atom is 0.223 e. The number of benzene rings is 1. The van der Waals surface area contributed by atoms with Crippen LogP contribution in [0.5, 0.6) is 0 Å². The van der Waals surface area contributed by atoms with Gasteiger partial charge in [-0.2, -0.15) is 0 Å². The summed E-state index contributed by atoms with van der Waals surface area (Å²) >= 11 is 0. The molecule has 1 aliphatic carbocycles. The van der Waals surface area contributed by atoms with Gasteiger partial charge in [-0.15, -0.1) is 0 Å². The van der Waals surface area contributed by atoms with E-state index in [0.29, 0.717) is 12.6 Å². The fourth-order valence-corrected chi connectivity index (χ4v) is 3.99. The maximum atomic E-state index is 12.6. The minimum atomic E-state index is 0.0583. The number of nitrogens with zero attached hydrogens (tertiary/aromatic N) is 2. The molecule has 4 rings (SSSR count). The summed E-state index contributed by atoms with van der Waals surface area (Å²) in [5.74, 6) is 1.07. The lowest BCUT2D eigenvalue weighted by Crippen LogP contribution is -2.53. The van der Waals surface area contributed by atoms with Crippen molar-refractivity contribution in [3.63, 3.8) is 0 Å². The number of aromatic nitrogens is 2. The zero-order valence-electron chi connectivity index (χ0n) is 14.9. The van der Waals surface area contributed by atoms with E-state index < -0.39 is 0 Å². The van der Waals surface area contributed by atoms with Crippen molar-refractivity contribution in [2.75, 3.05) is 13.2 Å². The van der Waals surface area contributed by atoms with Gasteiger partial charge < -0.3 is 19.9 Å². The van der Waals surface area contributed by atoms with E-state index in [-0.39, 0.29) is 17.9 Å². The summed E-state index contributed by atoms with van der Waals surface area (Å²) in [6.45, 7) is 2.89. The molecule has 0 unspecified atom stereocenters. The molecule has 1 aromatic heterocycles. The Morgan fingerprint density at radius 2 is 2.19 bits per heavy atom. The topological polar surface area (TPSA) is 68.2 Å². The second-order valence-corrected chi connectivity index (χ2v) is 7.15. The molecular formula is C20H26N4O2. The van der Waals surface area contributed by atoms with E-state index in [0.717, 1.165) is 44.8 Å². The van der Waals surface area contributed by atoms with Crippen LogP contribution in [-0.2, 0) is 22.6 Å². The molecule has 1 saturated heterocycles. The lowest BCUT2D eigenvalue weighted by atomic mass is 9.82. The first-order valence-corrected chi connectivity index (χ1v) is 9.46. The van der Waals surface area contributed by atoms with Gasteiger partial charge in [-0.05, 0) is 24.8 Å². The molecule has 0 bridgehead atoms. The highest BCUT2D eigenvalue weighted by molar-refractivity contribution is 5.78. The Kier molecular flexibility index (Phi) is 5.32. The molecule has 26 heavy (non-hydrogen) atoms. The summed E-state index contributed by atoms with van der Waals surface area (Å²) in [5, 5.41) is 6.58. The fourth-order valence-electron chi connectivity index (χ4n) is 3.99. The van der Waals surface area contributed by atoms with Crippen LogP contribution in [0.15, 0.2) is 42.7 Å². The van der Waals surface area contributed by atoms with E-state index in [9.17, 15) is 4.79 Å². The van der Waals surface area contributed by atoms with Gasteiger partial charge >= 0.3 is 0 Å². The third kappa shape index (κ3) is 3.97. The lowest BCUT2D eigenvalue weighted by Gasteiger charge is -2.39. The smallest absolute Gasteiger partial charge is 0.223 e. The van der Waals surface area contributed by atoms with Crippen LogP contribution in [0.1, 0.15) is 30.7 Å². The molecule has 0 spiro atoms. The molecule has 1 saturated carbocycles. The lowest BCUT2D eigenvalue weighted by molar-refractivity contribution is -0.128. The van der Waals surface area contributed by atoms with Gasteiger partial charge in [-0.1, -0.05) is 30.3 Å². The monoisotopic (exact) mass is 354 g/mol. The van der Waals surface area contributed by atoms with E-state index in [4.69, 9.17) is 4.74 Å². The predicted molar refractivity (Wildman–Crippen MR) is 98.5 cm³/mol. The Morgan fingerprint density at radius 1 is 1.31 bits per heavy atom. The minimum Gasteiger partial charge on any atom is -0.375 e. The standard InChI is InChI=1S/C20H26N4O2/c25-20(16-6-7-18-17(12-16)21-9-11-26-18)23-13-19-22-8-10-24(19)14-15-4-2-1-3-5-15/h1-5,8,10,16-18,21H,6-7,9,11-14H2,(H,23,25)/t16-,17+,18+/m0/s1. The first kappa shape index (κ1) is 17.2. The van der Waals surface area contributed by atoms with Gasteiger partial charge in [-0.25, -0.2) is 4.98 Å². The molecule has 3 atom stereocenters. The number of carbonyl (C=O) groups is 1. The molecule has 6 heteroatoms. The average Bonchev–Trinajstić information content (AvgIpc) is 3.13. The van der Waals surface area contributed by atoms with E-state index >= 15 is 0 Å². The van der Waals surface area contributed by atoms with Crippen molar-refractivity contribution < 1.29 is 9.53 Å². The summed E-state index contributed by atoms with van der Waals surface area (Å²) in [7, 11) is 0. The first-order valence-electron chi connectivity index (χ1n) is 9.46. The van der Waals surface area contributed by atoms with E-state index in [1.807, 2.05) is 24.4 Å². The van der Waals surface area contributed by atoms with E-state index in [2.05, 4.69) is 32.3 Å². The molecule has 138 valence electrons. The summed E-state index contributed by atoms with van der Waals surface area (Å²) in [5.41, 5.74) is 1.22. The highest BCUT2D eigenvalue weighted by Crippen LogP contribution is 2.28. The molecule has 2 heterocycles. The number of fused-ring (bicyclic) bond motifs is 1. The van der Waals surface area contributed by atoms with Crippen LogP contribution in [0.3, 0.4) is 0 Å². The van der Waals surface area contributed by atoms with E-state index in [1.165, 1.54) is 5.56 Å². The van der Waals surface area contributed by atoms with Crippen molar-refractivity contribution in [3.8, 4) is 0 Å². The summed E-state index contributed by atoms with van der Waals surface area (Å²) in [4.78, 5) is 17.0. The van der Waals surface area contributed by atoms with Gasteiger partial charge in [0.1, 0.15) is 5.82 Å². The van der Waals surface area contributed by atoms with Crippen molar-refractivity contribution >= 4 is 5.91 Å². The minimum absolute atomic E-state index is 0.0583. The van der Waals surface area contributed by atoms with Crippen LogP contribution in [-0.4, -0.2) is 40.8 Å². The second kappa shape index (κ2) is 8.01. The molecule has 2 N–H and O–H groups in total. The number of ether oxygens (including phenoxy) is 1. The van der Waals surface area contributed by atoms with Gasteiger partial charge in [0, 0.05) is 37.4 Å². The van der Waals surface area contributed by atoms with Gasteiger partial charge in [0.25, 0.3) is 0 Å². The third-order valence-corrected chi connectivity index (χ3v) is 5.42. The Bertz CT molecular complexity index is 730. The van der Waals surface area contributed by atoms with Gasteiger partial charge in [-0.3, -0.25) is 4.79 Å². The first-order chi connectivity index (χ1) is 12.8. The number of hydrogen-bond donors (Lipinski definition) is 2. The molecule has 1 aliphatic heterocycles. The van der Waals surface area contributed by atoms with Crippen molar-refractivity contribution in [1.29, 1.82) is 0 Å². The quantitative estimate of drug-likeness (QED) is 0.858. The second-order valence-electron chi connectivity index (χ2n) is 7.15. The summed E-state index contributed by atoms with van der Waals surface area (Å²) in [6.07, 6.45) is 6.74. The van der Waals surface area contributed by atoms with Gasteiger partial charge in [0.15, 0.2) is 0 Å². The normalized spacial score (nSPS) is 25.5. The van der Waals surface area contributed by atoms with Gasteiger partial charge in [0.05, 0.1) is 19.3 Å². The SMILES string of the molecule is O=C(NCc1nccn1Cc1ccccc1)[C@H]1CC[C@H]2OCCN[C@@H]2C1. The zero-order valence-corrected chi connectivity index (χ0v) is 14.9. The highest BCUT2D eigenvalue weighted by Gasteiger charge is 2.35. The molecule has 2 aliphatic rings. The average molecular weight is 354 g/mol. The molecule has 1 aromatic carbocycles. The van der Waals surface area contributed by atoms with Crippen LogP contribution in [0.4, 0.5) is 0 Å². The third-order valence-electron chi connectivity index (χ3n) is 5.42. The molecule has 1 amide bonds. The number of amides is 1. The summed E-state index contributed by atoms with van der Waals surface area (Å²) < 4.78 is 7.88. The summed E-state index contributed by atoms with van der Waals surface area (Å²) in [6, 6.07) is 10.6. The highest BCUT2D eigenvalue weighted by atomic mass is 16.5. The Morgan fingerprint density at radius 3 is 3.08 bits per heavy atom. The number of imidazole rings is 1. The number of rotatable bonds is 5. The van der Waals surface area contributed by atoms with Gasteiger partial charge in [0.2, 0.25) is 5.91 Å². The van der Waals surface area contributed by atoms with Crippen LogP contribution in [0.2, 0.25) is 0 Å². The predicted octanol–water partition coefficient (Wildman–Crippen LogP) is 1.70. The fraction of sp³-hybridized carbons (Fsp3) is 0.500. The number of morpholine rings is 1. The number of carbonyl (C=O) groups excluding carboxylic acids is 1. The molecule has 6 nitrogen and oxygen atoms in total. The van der Waals surface area contributed by atoms with E-state index in [1.54, 1.807) is 6.20 Å². The number of nitrogens with one attached hydrogen (secondary N) is 2. The van der Waals surface area contributed by atoms with Crippen molar-refractivity contribution in [2.24, 2.45) is 5.92 Å². The van der Waals surface area contributed by atoms with Crippen molar-refractivity contribution in [2.45, 2.75) is 44.5 Å². The number of hydrogen-bond acceptors (Lipinski definition) is 4. The largest absolute Gasteiger partial charge is 0.375 e. The molecule has 2 aromatic rings. The Balaban J connectivity index is 1.32.